The molecule has 1 atom stereocenters. The molecule has 30 heavy (non-hydrogen) atoms. The van der Waals surface area contributed by atoms with Gasteiger partial charge in [-0.25, -0.2) is 0 Å². The number of likely N-dealkylation sites (tertiary alicyclic amines) is 1. The fourth-order valence-corrected chi connectivity index (χ4v) is 3.72. The number of aromatic nitrogens is 2. The third-order valence-electron chi connectivity index (χ3n) is 5.20. The van der Waals surface area contributed by atoms with Gasteiger partial charge in [0.15, 0.2) is 0 Å². The molecule has 8 heteroatoms. The van der Waals surface area contributed by atoms with Crippen LogP contribution in [0.3, 0.4) is 0 Å². The molecule has 0 aliphatic carbocycles. The van der Waals surface area contributed by atoms with Crippen LogP contribution in [0, 0.1) is 0 Å². The number of amides is 1. The lowest BCUT2D eigenvalue weighted by Crippen LogP contribution is -2.39. The molecule has 1 amide bonds. The zero-order valence-corrected chi connectivity index (χ0v) is 17.6. The molecule has 0 spiro atoms. The molecule has 7 nitrogen and oxygen atoms in total. The Hall–Kier alpha value is -3.06. The minimum Gasteiger partial charge on any atom is -0.497 e. The van der Waals surface area contributed by atoms with Gasteiger partial charge in [-0.15, -0.1) is 0 Å². The molecule has 2 aromatic carbocycles. The maximum Gasteiger partial charge on any atom is 0.254 e. The second-order valence-corrected chi connectivity index (χ2v) is 7.59. The highest BCUT2D eigenvalue weighted by atomic mass is 35.5. The molecule has 3 aromatic rings. The summed E-state index contributed by atoms with van der Waals surface area (Å²) in [6, 6.07) is 12.5. The standard InChI is InChI=1S/C22H22ClN3O4/c1-28-18-10-16(11-19(12-18)29-2)22(27)26-9-3-4-15(13-26)21-24-20(25-30-21)14-5-7-17(23)8-6-14/h5-8,10-12,15H,3-4,9,13H2,1-2H3. The molecule has 1 saturated heterocycles. The van der Waals surface area contributed by atoms with Crippen molar-refractivity contribution < 1.29 is 18.8 Å². The van der Waals surface area contributed by atoms with E-state index in [1.165, 1.54) is 0 Å². The first-order chi connectivity index (χ1) is 14.6. The van der Waals surface area contributed by atoms with Crippen molar-refractivity contribution in [1.82, 2.24) is 15.0 Å². The predicted molar refractivity (Wildman–Crippen MR) is 112 cm³/mol. The lowest BCUT2D eigenvalue weighted by molar-refractivity contribution is 0.0695. The van der Waals surface area contributed by atoms with Gasteiger partial charge in [0.05, 0.1) is 20.1 Å². The maximum absolute atomic E-state index is 13.1. The summed E-state index contributed by atoms with van der Waals surface area (Å²) >= 11 is 5.94. The molecular weight excluding hydrogens is 406 g/mol. The first-order valence-electron chi connectivity index (χ1n) is 9.69. The van der Waals surface area contributed by atoms with Crippen LogP contribution in [-0.2, 0) is 0 Å². The van der Waals surface area contributed by atoms with Crippen molar-refractivity contribution in [3.63, 3.8) is 0 Å². The average Bonchev–Trinajstić information content (AvgIpc) is 3.29. The maximum atomic E-state index is 13.1. The summed E-state index contributed by atoms with van der Waals surface area (Å²) in [7, 11) is 3.13. The predicted octanol–water partition coefficient (Wildman–Crippen LogP) is 4.43. The fraction of sp³-hybridized carbons (Fsp3) is 0.318. The first kappa shape index (κ1) is 20.2. The summed E-state index contributed by atoms with van der Waals surface area (Å²) in [6.07, 6.45) is 1.74. The van der Waals surface area contributed by atoms with E-state index in [-0.39, 0.29) is 11.8 Å². The van der Waals surface area contributed by atoms with Crippen molar-refractivity contribution >= 4 is 17.5 Å². The van der Waals surface area contributed by atoms with Crippen molar-refractivity contribution in [2.24, 2.45) is 0 Å². The van der Waals surface area contributed by atoms with Crippen LogP contribution >= 0.6 is 11.6 Å². The van der Waals surface area contributed by atoms with Crippen LogP contribution in [0.5, 0.6) is 11.5 Å². The summed E-state index contributed by atoms with van der Waals surface area (Å²) in [6.45, 7) is 1.19. The Kier molecular flexibility index (Phi) is 5.90. The van der Waals surface area contributed by atoms with Gasteiger partial charge < -0.3 is 18.9 Å². The van der Waals surface area contributed by atoms with Crippen molar-refractivity contribution in [2.75, 3.05) is 27.3 Å². The van der Waals surface area contributed by atoms with E-state index in [9.17, 15) is 4.79 Å². The smallest absolute Gasteiger partial charge is 0.254 e. The quantitative estimate of drug-likeness (QED) is 0.599. The number of benzene rings is 2. The molecule has 0 N–H and O–H groups in total. The highest BCUT2D eigenvalue weighted by Crippen LogP contribution is 2.30. The lowest BCUT2D eigenvalue weighted by Gasteiger charge is -2.31. The van der Waals surface area contributed by atoms with E-state index in [4.69, 9.17) is 25.6 Å². The first-order valence-corrected chi connectivity index (χ1v) is 10.1. The van der Waals surface area contributed by atoms with E-state index in [0.29, 0.717) is 46.9 Å². The Labute approximate surface area is 179 Å². The lowest BCUT2D eigenvalue weighted by atomic mass is 9.97. The largest absolute Gasteiger partial charge is 0.497 e. The van der Waals surface area contributed by atoms with Crippen molar-refractivity contribution in [1.29, 1.82) is 0 Å². The van der Waals surface area contributed by atoms with Gasteiger partial charge in [-0.2, -0.15) is 4.98 Å². The summed E-state index contributed by atoms with van der Waals surface area (Å²) in [5.41, 5.74) is 1.36. The van der Waals surface area contributed by atoms with Gasteiger partial charge in [0.25, 0.3) is 5.91 Å². The number of nitrogens with zero attached hydrogens (tertiary/aromatic N) is 3. The Morgan fingerprint density at radius 1 is 1.13 bits per heavy atom. The molecule has 0 radical (unpaired) electrons. The Morgan fingerprint density at radius 3 is 2.50 bits per heavy atom. The number of rotatable bonds is 5. The van der Waals surface area contributed by atoms with Crippen molar-refractivity contribution in [3.8, 4) is 22.9 Å². The van der Waals surface area contributed by atoms with Crippen molar-refractivity contribution in [3.05, 3.63) is 58.9 Å². The molecule has 1 unspecified atom stereocenters. The van der Waals surface area contributed by atoms with Gasteiger partial charge in [0.1, 0.15) is 11.5 Å². The molecule has 2 heterocycles. The molecule has 156 valence electrons. The summed E-state index contributed by atoms with van der Waals surface area (Å²) in [4.78, 5) is 19.5. The zero-order valence-electron chi connectivity index (χ0n) is 16.8. The Balaban J connectivity index is 1.51. The van der Waals surface area contributed by atoms with Gasteiger partial charge in [-0.1, -0.05) is 16.8 Å². The third-order valence-corrected chi connectivity index (χ3v) is 5.45. The minimum atomic E-state index is -0.0747. The number of hydrogen-bond acceptors (Lipinski definition) is 6. The van der Waals surface area contributed by atoms with E-state index in [2.05, 4.69) is 10.1 Å². The minimum absolute atomic E-state index is 0.0104. The van der Waals surface area contributed by atoms with E-state index in [1.807, 2.05) is 17.0 Å². The van der Waals surface area contributed by atoms with E-state index in [0.717, 1.165) is 18.4 Å². The molecule has 1 aromatic heterocycles. The number of carbonyl (C=O) groups excluding carboxylic acids is 1. The van der Waals surface area contributed by atoms with E-state index >= 15 is 0 Å². The Morgan fingerprint density at radius 2 is 1.83 bits per heavy atom. The second-order valence-electron chi connectivity index (χ2n) is 7.15. The number of ether oxygens (including phenoxy) is 2. The van der Waals surface area contributed by atoms with Gasteiger partial charge in [0, 0.05) is 35.3 Å². The third kappa shape index (κ3) is 4.26. The molecular formula is C22H22ClN3O4. The SMILES string of the molecule is COc1cc(OC)cc(C(=O)N2CCCC(c3nc(-c4ccc(Cl)cc4)no3)C2)c1. The zero-order chi connectivity index (χ0) is 21.1. The fourth-order valence-electron chi connectivity index (χ4n) is 3.59. The van der Waals surface area contributed by atoms with Crippen LogP contribution < -0.4 is 9.47 Å². The van der Waals surface area contributed by atoms with Gasteiger partial charge in [-0.3, -0.25) is 4.79 Å². The highest BCUT2D eigenvalue weighted by Gasteiger charge is 2.29. The molecule has 1 fully saturated rings. The second kappa shape index (κ2) is 8.75. The summed E-state index contributed by atoms with van der Waals surface area (Å²) < 4.78 is 16.1. The van der Waals surface area contributed by atoms with Crippen LogP contribution in [0.15, 0.2) is 47.0 Å². The van der Waals surface area contributed by atoms with Crippen LogP contribution in [0.25, 0.3) is 11.4 Å². The molecule has 1 aliphatic rings. The highest BCUT2D eigenvalue weighted by molar-refractivity contribution is 6.30. The molecule has 0 saturated carbocycles. The molecule has 4 rings (SSSR count). The van der Waals surface area contributed by atoms with Crippen LogP contribution in [0.1, 0.15) is 35.0 Å². The van der Waals surface area contributed by atoms with Crippen LogP contribution in [0.2, 0.25) is 5.02 Å². The average molecular weight is 428 g/mol. The van der Waals surface area contributed by atoms with Crippen LogP contribution in [0.4, 0.5) is 0 Å². The number of halogens is 1. The topological polar surface area (TPSA) is 77.7 Å². The number of methoxy groups -OCH3 is 2. The monoisotopic (exact) mass is 427 g/mol. The number of carbonyl (C=O) groups is 1. The molecule has 1 aliphatic heterocycles. The number of hydrogen-bond donors (Lipinski definition) is 0. The van der Waals surface area contributed by atoms with Gasteiger partial charge >= 0.3 is 0 Å². The van der Waals surface area contributed by atoms with Crippen LogP contribution in [-0.4, -0.2) is 48.3 Å². The normalized spacial score (nSPS) is 16.4. The van der Waals surface area contributed by atoms with Crippen molar-refractivity contribution in [2.45, 2.75) is 18.8 Å². The Bertz CT molecular complexity index is 1010. The molecule has 0 bridgehead atoms. The van der Waals surface area contributed by atoms with E-state index in [1.54, 1.807) is 44.6 Å². The summed E-state index contributed by atoms with van der Waals surface area (Å²) in [5, 5.41) is 4.75. The van der Waals surface area contributed by atoms with E-state index < -0.39 is 0 Å². The van der Waals surface area contributed by atoms with Gasteiger partial charge in [0.2, 0.25) is 11.7 Å². The van der Waals surface area contributed by atoms with Gasteiger partial charge in [-0.05, 0) is 49.2 Å². The summed E-state index contributed by atoms with van der Waals surface area (Å²) in [5.74, 6) is 2.13. The number of piperidine rings is 1.